The summed E-state index contributed by atoms with van der Waals surface area (Å²) in [5.41, 5.74) is 0.122. The normalized spacial score (nSPS) is 23.1. The molecule has 19 heavy (non-hydrogen) atoms. The molecule has 0 saturated heterocycles. The molecule has 0 heterocycles. The molecule has 0 radical (unpaired) electrons. The van der Waals surface area contributed by atoms with Gasteiger partial charge in [-0.1, -0.05) is 25.8 Å². The third-order valence-electron chi connectivity index (χ3n) is 3.86. The van der Waals surface area contributed by atoms with Crippen LogP contribution in [0, 0.1) is 17.7 Å². The Bertz CT molecular complexity index is 461. The van der Waals surface area contributed by atoms with E-state index >= 15 is 0 Å². The van der Waals surface area contributed by atoms with Crippen molar-refractivity contribution >= 4 is 11.7 Å². The number of aromatic carboxylic acids is 1. The van der Waals surface area contributed by atoms with E-state index in [1.54, 1.807) is 0 Å². The van der Waals surface area contributed by atoms with Crippen molar-refractivity contribution in [2.24, 2.45) is 11.8 Å². The van der Waals surface area contributed by atoms with Crippen molar-refractivity contribution in [3.63, 3.8) is 0 Å². The van der Waals surface area contributed by atoms with Gasteiger partial charge in [-0.15, -0.1) is 0 Å². The first kappa shape index (κ1) is 13.8. The van der Waals surface area contributed by atoms with E-state index in [1.807, 2.05) is 0 Å². The highest BCUT2D eigenvalue weighted by molar-refractivity contribution is 5.94. The number of benzene rings is 1. The zero-order valence-corrected chi connectivity index (χ0v) is 11.2. The number of para-hydroxylation sites is 1. The molecule has 1 aliphatic rings. The number of carboxylic acid groups (broad SMARTS) is 1. The van der Waals surface area contributed by atoms with Crippen LogP contribution in [0.3, 0.4) is 0 Å². The van der Waals surface area contributed by atoms with E-state index in [9.17, 15) is 9.18 Å². The molecule has 1 aromatic rings. The highest BCUT2D eigenvalue weighted by Gasteiger charge is 2.20. The number of carboxylic acids is 1. The monoisotopic (exact) mass is 265 g/mol. The zero-order valence-electron chi connectivity index (χ0n) is 11.2. The summed E-state index contributed by atoms with van der Waals surface area (Å²) in [5, 5.41) is 12.1. The summed E-state index contributed by atoms with van der Waals surface area (Å²) in [6, 6.07) is 4.14. The molecule has 4 heteroatoms. The molecule has 2 rings (SSSR count). The lowest BCUT2D eigenvalue weighted by molar-refractivity contribution is 0.0697. The van der Waals surface area contributed by atoms with Crippen LogP contribution < -0.4 is 5.32 Å². The first-order valence-corrected chi connectivity index (χ1v) is 6.83. The van der Waals surface area contributed by atoms with Crippen LogP contribution in [0.2, 0.25) is 0 Å². The maximum Gasteiger partial charge on any atom is 0.337 e. The summed E-state index contributed by atoms with van der Waals surface area (Å²) in [5.74, 6) is -0.382. The standard InChI is InChI=1S/C15H20FNO2/c1-10-4-2-5-11(8-10)9-17-14-12(15(18)19)6-3-7-13(14)16/h3,6-7,10-11,17H,2,4-5,8-9H2,1H3,(H,18,19). The van der Waals surface area contributed by atoms with Crippen molar-refractivity contribution in [1.29, 1.82) is 0 Å². The van der Waals surface area contributed by atoms with Crippen LogP contribution in [0.15, 0.2) is 18.2 Å². The number of hydrogen-bond acceptors (Lipinski definition) is 2. The maximum absolute atomic E-state index is 13.7. The number of nitrogens with one attached hydrogen (secondary N) is 1. The second-order valence-electron chi connectivity index (χ2n) is 5.49. The summed E-state index contributed by atoms with van der Waals surface area (Å²) < 4.78 is 13.7. The molecule has 1 fully saturated rings. The lowest BCUT2D eigenvalue weighted by Crippen LogP contribution is -2.22. The van der Waals surface area contributed by atoms with Gasteiger partial charge in [0.05, 0.1) is 11.3 Å². The quantitative estimate of drug-likeness (QED) is 0.871. The van der Waals surface area contributed by atoms with Crippen LogP contribution in [-0.2, 0) is 0 Å². The highest BCUT2D eigenvalue weighted by Crippen LogP contribution is 2.29. The lowest BCUT2D eigenvalue weighted by atomic mass is 9.82. The van der Waals surface area contributed by atoms with E-state index in [0.717, 1.165) is 12.8 Å². The van der Waals surface area contributed by atoms with Gasteiger partial charge < -0.3 is 10.4 Å². The minimum Gasteiger partial charge on any atom is -0.478 e. The molecule has 0 bridgehead atoms. The van der Waals surface area contributed by atoms with E-state index in [4.69, 9.17) is 5.11 Å². The van der Waals surface area contributed by atoms with Gasteiger partial charge in [-0.3, -0.25) is 0 Å². The first-order valence-electron chi connectivity index (χ1n) is 6.83. The smallest absolute Gasteiger partial charge is 0.337 e. The Kier molecular flexibility index (Phi) is 4.40. The molecule has 2 unspecified atom stereocenters. The van der Waals surface area contributed by atoms with Crippen LogP contribution >= 0.6 is 0 Å². The fraction of sp³-hybridized carbons (Fsp3) is 0.533. The van der Waals surface area contributed by atoms with E-state index in [1.165, 1.54) is 31.0 Å². The molecule has 1 aromatic carbocycles. The predicted octanol–water partition coefficient (Wildman–Crippen LogP) is 3.76. The number of anilines is 1. The second kappa shape index (κ2) is 6.04. The van der Waals surface area contributed by atoms with E-state index in [2.05, 4.69) is 12.2 Å². The van der Waals surface area contributed by atoms with Crippen LogP contribution in [0.5, 0.6) is 0 Å². The van der Waals surface area contributed by atoms with Crippen molar-refractivity contribution in [3.05, 3.63) is 29.6 Å². The van der Waals surface area contributed by atoms with Crippen molar-refractivity contribution in [3.8, 4) is 0 Å². The second-order valence-corrected chi connectivity index (χ2v) is 5.49. The Morgan fingerprint density at radius 1 is 1.47 bits per heavy atom. The number of carbonyl (C=O) groups is 1. The number of halogens is 1. The largest absolute Gasteiger partial charge is 0.478 e. The van der Waals surface area contributed by atoms with Crippen LogP contribution in [0.4, 0.5) is 10.1 Å². The van der Waals surface area contributed by atoms with Crippen molar-refractivity contribution in [2.75, 3.05) is 11.9 Å². The van der Waals surface area contributed by atoms with Gasteiger partial charge in [0.25, 0.3) is 0 Å². The maximum atomic E-state index is 13.7. The van der Waals surface area contributed by atoms with Crippen molar-refractivity contribution in [2.45, 2.75) is 32.6 Å². The van der Waals surface area contributed by atoms with E-state index in [0.29, 0.717) is 18.4 Å². The minimum atomic E-state index is -1.10. The van der Waals surface area contributed by atoms with Gasteiger partial charge in [-0.25, -0.2) is 9.18 Å². The summed E-state index contributed by atoms with van der Waals surface area (Å²) >= 11 is 0. The third-order valence-corrected chi connectivity index (χ3v) is 3.86. The Morgan fingerprint density at radius 3 is 2.95 bits per heavy atom. The van der Waals surface area contributed by atoms with Gasteiger partial charge in [-0.05, 0) is 36.8 Å². The Balaban J connectivity index is 2.04. The summed E-state index contributed by atoms with van der Waals surface area (Å²) in [6.45, 7) is 2.88. The van der Waals surface area contributed by atoms with Crippen LogP contribution in [0.25, 0.3) is 0 Å². The molecule has 2 N–H and O–H groups in total. The SMILES string of the molecule is CC1CCCC(CNc2c(F)cccc2C(=O)O)C1. The molecule has 0 amide bonds. The highest BCUT2D eigenvalue weighted by atomic mass is 19.1. The van der Waals surface area contributed by atoms with Gasteiger partial charge in [0.1, 0.15) is 5.82 Å². The molecule has 104 valence electrons. The molecule has 0 spiro atoms. The van der Waals surface area contributed by atoms with Crippen molar-refractivity contribution in [1.82, 2.24) is 0 Å². The van der Waals surface area contributed by atoms with E-state index in [-0.39, 0.29) is 11.3 Å². The summed E-state index contributed by atoms with van der Waals surface area (Å²) in [7, 11) is 0. The first-order chi connectivity index (χ1) is 9.08. The molecular weight excluding hydrogens is 245 g/mol. The van der Waals surface area contributed by atoms with E-state index < -0.39 is 11.8 Å². The molecule has 3 nitrogen and oxygen atoms in total. The summed E-state index contributed by atoms with van der Waals surface area (Å²) in [6.07, 6.45) is 4.73. The predicted molar refractivity (Wildman–Crippen MR) is 73.0 cm³/mol. The molecule has 1 aliphatic carbocycles. The Hall–Kier alpha value is -1.58. The van der Waals surface area contributed by atoms with Crippen LogP contribution in [-0.4, -0.2) is 17.6 Å². The summed E-state index contributed by atoms with van der Waals surface area (Å²) in [4.78, 5) is 11.1. The minimum absolute atomic E-state index is 0.00357. The Morgan fingerprint density at radius 2 is 2.26 bits per heavy atom. The fourth-order valence-corrected chi connectivity index (χ4v) is 2.87. The van der Waals surface area contributed by atoms with Gasteiger partial charge >= 0.3 is 5.97 Å². The molecule has 0 aromatic heterocycles. The topological polar surface area (TPSA) is 49.3 Å². The van der Waals surface area contributed by atoms with Crippen molar-refractivity contribution < 1.29 is 14.3 Å². The third kappa shape index (κ3) is 3.46. The van der Waals surface area contributed by atoms with Gasteiger partial charge in [-0.2, -0.15) is 0 Å². The molecular formula is C15H20FNO2. The van der Waals surface area contributed by atoms with Crippen LogP contribution in [0.1, 0.15) is 43.0 Å². The average molecular weight is 265 g/mol. The molecule has 1 saturated carbocycles. The van der Waals surface area contributed by atoms with Gasteiger partial charge in [0, 0.05) is 6.54 Å². The lowest BCUT2D eigenvalue weighted by Gasteiger charge is -2.27. The fourth-order valence-electron chi connectivity index (χ4n) is 2.87. The van der Waals surface area contributed by atoms with Gasteiger partial charge in [0.15, 0.2) is 0 Å². The molecule has 2 atom stereocenters. The molecule has 0 aliphatic heterocycles. The zero-order chi connectivity index (χ0) is 13.8. The van der Waals surface area contributed by atoms with Gasteiger partial charge in [0.2, 0.25) is 0 Å². The Labute approximate surface area is 112 Å². The average Bonchev–Trinajstić information content (AvgIpc) is 2.37. The number of hydrogen-bond donors (Lipinski definition) is 2. The number of rotatable bonds is 4.